The Morgan fingerprint density at radius 2 is 1.84 bits per heavy atom. The molecule has 0 aromatic heterocycles. The van der Waals surface area contributed by atoms with Gasteiger partial charge in [0.15, 0.2) is 5.78 Å². The summed E-state index contributed by atoms with van der Waals surface area (Å²) in [7, 11) is 0. The quantitative estimate of drug-likeness (QED) is 0.800. The molecule has 4 heteroatoms. The molecule has 1 saturated carbocycles. The largest absolute Gasteiger partial charge is 0.486 e. The van der Waals surface area contributed by atoms with Crippen molar-refractivity contribution in [3.63, 3.8) is 0 Å². The summed E-state index contributed by atoms with van der Waals surface area (Å²) in [6.45, 7) is 1.40. The Kier molecular flexibility index (Phi) is 3.18. The SMILES string of the molecule is O=C1CC2(CCN(C(=O)C3CC3)CC2)Oc2ccc3ccccc3c21. The van der Waals surface area contributed by atoms with E-state index in [0.717, 1.165) is 42.0 Å². The number of amides is 1. The summed E-state index contributed by atoms with van der Waals surface area (Å²) in [5.74, 6) is 1.43. The molecule has 0 unspecified atom stereocenters. The first kappa shape index (κ1) is 14.9. The molecule has 2 fully saturated rings. The second-order valence-corrected chi connectivity index (χ2v) is 7.64. The van der Waals surface area contributed by atoms with Crippen LogP contribution >= 0.6 is 0 Å². The van der Waals surface area contributed by atoms with Gasteiger partial charge < -0.3 is 9.64 Å². The topological polar surface area (TPSA) is 46.6 Å². The number of ether oxygens (including phenoxy) is 1. The number of carbonyl (C=O) groups excluding carboxylic acids is 2. The van der Waals surface area contributed by atoms with Crippen molar-refractivity contribution in [3.8, 4) is 5.75 Å². The minimum Gasteiger partial charge on any atom is -0.486 e. The summed E-state index contributed by atoms with van der Waals surface area (Å²) in [5.41, 5.74) is 0.285. The number of benzene rings is 2. The van der Waals surface area contributed by atoms with E-state index in [-0.39, 0.29) is 11.7 Å². The second kappa shape index (κ2) is 5.32. The van der Waals surface area contributed by atoms with E-state index in [2.05, 4.69) is 0 Å². The highest BCUT2D eigenvalue weighted by Gasteiger charge is 2.45. The maximum Gasteiger partial charge on any atom is 0.225 e. The number of fused-ring (bicyclic) bond motifs is 3. The predicted molar refractivity (Wildman–Crippen MR) is 94.8 cm³/mol. The van der Waals surface area contributed by atoms with Crippen LogP contribution in [0.25, 0.3) is 10.8 Å². The Morgan fingerprint density at radius 1 is 1.08 bits per heavy atom. The number of likely N-dealkylation sites (tertiary alicyclic amines) is 1. The molecule has 4 nitrogen and oxygen atoms in total. The van der Waals surface area contributed by atoms with Crippen LogP contribution in [0.2, 0.25) is 0 Å². The minimum absolute atomic E-state index is 0.167. The molecule has 25 heavy (non-hydrogen) atoms. The lowest BCUT2D eigenvalue weighted by Crippen LogP contribution is -2.52. The van der Waals surface area contributed by atoms with Crippen LogP contribution in [0.4, 0.5) is 0 Å². The maximum absolute atomic E-state index is 12.9. The Hall–Kier alpha value is -2.36. The summed E-state index contributed by atoms with van der Waals surface area (Å²) in [5, 5.41) is 2.04. The standard InChI is InChI=1S/C21H21NO3/c23-17-13-21(9-11-22(12-10-21)20(24)15-5-6-15)25-18-8-7-14-3-1-2-4-16(14)19(17)18/h1-4,7-8,15H,5-6,9-13H2. The van der Waals surface area contributed by atoms with Gasteiger partial charge in [-0.15, -0.1) is 0 Å². The van der Waals surface area contributed by atoms with Crippen LogP contribution < -0.4 is 4.74 Å². The van der Waals surface area contributed by atoms with Crippen LogP contribution in [0.15, 0.2) is 36.4 Å². The van der Waals surface area contributed by atoms with Crippen LogP contribution in [-0.4, -0.2) is 35.3 Å². The number of ketones is 1. The molecule has 0 bridgehead atoms. The molecular weight excluding hydrogens is 314 g/mol. The molecule has 1 saturated heterocycles. The molecule has 2 aliphatic heterocycles. The third-order valence-corrected chi connectivity index (χ3v) is 5.89. The fraction of sp³-hybridized carbons (Fsp3) is 0.429. The number of piperidine rings is 1. The first-order chi connectivity index (χ1) is 12.2. The van der Waals surface area contributed by atoms with Gasteiger partial charge in [0.2, 0.25) is 5.91 Å². The molecule has 2 heterocycles. The summed E-state index contributed by atoms with van der Waals surface area (Å²) >= 11 is 0. The average Bonchev–Trinajstić information content (AvgIpc) is 3.46. The van der Waals surface area contributed by atoms with Crippen molar-refractivity contribution in [2.75, 3.05) is 13.1 Å². The lowest BCUT2D eigenvalue weighted by molar-refractivity contribution is -0.136. The van der Waals surface area contributed by atoms with Crippen molar-refractivity contribution in [1.82, 2.24) is 4.90 Å². The van der Waals surface area contributed by atoms with E-state index in [1.165, 1.54) is 0 Å². The van der Waals surface area contributed by atoms with Crippen molar-refractivity contribution < 1.29 is 14.3 Å². The van der Waals surface area contributed by atoms with Crippen LogP contribution in [0.1, 0.15) is 42.5 Å². The second-order valence-electron chi connectivity index (χ2n) is 7.64. The molecule has 0 atom stereocenters. The maximum atomic E-state index is 12.9. The van der Waals surface area contributed by atoms with Crippen LogP contribution in [0.5, 0.6) is 5.75 Å². The molecule has 5 rings (SSSR count). The van der Waals surface area contributed by atoms with E-state index in [0.29, 0.717) is 31.2 Å². The highest BCUT2D eigenvalue weighted by atomic mass is 16.5. The third-order valence-electron chi connectivity index (χ3n) is 5.89. The van der Waals surface area contributed by atoms with Crippen LogP contribution in [0.3, 0.4) is 0 Å². The first-order valence-corrected chi connectivity index (χ1v) is 9.18. The number of hydrogen-bond donors (Lipinski definition) is 0. The minimum atomic E-state index is -0.438. The zero-order valence-corrected chi connectivity index (χ0v) is 14.2. The van der Waals surface area contributed by atoms with Gasteiger partial charge in [0.1, 0.15) is 11.4 Å². The number of hydrogen-bond acceptors (Lipinski definition) is 3. The van der Waals surface area contributed by atoms with Gasteiger partial charge in [0, 0.05) is 31.8 Å². The lowest BCUT2D eigenvalue weighted by atomic mass is 9.81. The number of carbonyl (C=O) groups is 2. The summed E-state index contributed by atoms with van der Waals surface area (Å²) in [4.78, 5) is 27.2. The molecule has 2 aromatic rings. The van der Waals surface area contributed by atoms with E-state index in [1.807, 2.05) is 41.3 Å². The first-order valence-electron chi connectivity index (χ1n) is 9.18. The molecular formula is C21H21NO3. The smallest absolute Gasteiger partial charge is 0.225 e. The van der Waals surface area contributed by atoms with E-state index in [4.69, 9.17) is 4.74 Å². The molecule has 128 valence electrons. The summed E-state index contributed by atoms with van der Waals surface area (Å²) in [6, 6.07) is 11.9. The molecule has 1 amide bonds. The normalized spacial score (nSPS) is 21.9. The van der Waals surface area contributed by atoms with Crippen molar-refractivity contribution in [2.45, 2.75) is 37.7 Å². The number of nitrogens with zero attached hydrogens (tertiary/aromatic N) is 1. The van der Waals surface area contributed by atoms with Gasteiger partial charge in [-0.05, 0) is 29.7 Å². The van der Waals surface area contributed by atoms with Gasteiger partial charge >= 0.3 is 0 Å². The van der Waals surface area contributed by atoms with Crippen molar-refractivity contribution in [2.24, 2.45) is 5.92 Å². The van der Waals surface area contributed by atoms with E-state index in [9.17, 15) is 9.59 Å². The molecule has 0 N–H and O–H groups in total. The number of Topliss-reactive ketones (excluding diaryl/α,β-unsaturated/α-hetero) is 1. The van der Waals surface area contributed by atoms with Gasteiger partial charge in [0.05, 0.1) is 12.0 Å². The zero-order chi connectivity index (χ0) is 17.0. The van der Waals surface area contributed by atoms with Crippen molar-refractivity contribution in [3.05, 3.63) is 42.0 Å². The Bertz CT molecular complexity index is 876. The van der Waals surface area contributed by atoms with Crippen LogP contribution in [0, 0.1) is 5.92 Å². The van der Waals surface area contributed by atoms with Gasteiger partial charge in [-0.2, -0.15) is 0 Å². The highest BCUT2D eigenvalue weighted by Crippen LogP contribution is 2.42. The van der Waals surface area contributed by atoms with Gasteiger partial charge in [-0.1, -0.05) is 30.3 Å². The van der Waals surface area contributed by atoms with Crippen LogP contribution in [-0.2, 0) is 4.79 Å². The Labute approximate surface area is 146 Å². The molecule has 2 aromatic carbocycles. The fourth-order valence-electron chi connectivity index (χ4n) is 4.28. The molecule has 3 aliphatic rings. The summed E-state index contributed by atoms with van der Waals surface area (Å²) < 4.78 is 6.38. The van der Waals surface area contributed by atoms with Gasteiger partial charge in [0.25, 0.3) is 0 Å². The Balaban J connectivity index is 1.42. The van der Waals surface area contributed by atoms with Crippen molar-refractivity contribution in [1.29, 1.82) is 0 Å². The molecule has 1 aliphatic carbocycles. The van der Waals surface area contributed by atoms with E-state index in [1.54, 1.807) is 0 Å². The summed E-state index contributed by atoms with van der Waals surface area (Å²) in [6.07, 6.45) is 3.97. The monoisotopic (exact) mass is 335 g/mol. The molecule has 0 radical (unpaired) electrons. The average molecular weight is 335 g/mol. The highest BCUT2D eigenvalue weighted by molar-refractivity contribution is 6.11. The van der Waals surface area contributed by atoms with Gasteiger partial charge in [-0.25, -0.2) is 0 Å². The Morgan fingerprint density at radius 3 is 2.60 bits per heavy atom. The lowest BCUT2D eigenvalue weighted by Gasteiger charge is -2.44. The zero-order valence-electron chi connectivity index (χ0n) is 14.2. The van der Waals surface area contributed by atoms with E-state index < -0.39 is 5.60 Å². The van der Waals surface area contributed by atoms with Gasteiger partial charge in [-0.3, -0.25) is 9.59 Å². The molecule has 1 spiro atoms. The predicted octanol–water partition coefficient (Wildman–Crippen LogP) is 3.58. The third kappa shape index (κ3) is 2.43. The fourth-order valence-corrected chi connectivity index (χ4v) is 4.28. The van der Waals surface area contributed by atoms with E-state index >= 15 is 0 Å². The number of rotatable bonds is 1. The van der Waals surface area contributed by atoms with Crippen molar-refractivity contribution >= 4 is 22.5 Å².